The van der Waals surface area contributed by atoms with E-state index in [1.165, 1.54) is 17.4 Å². The quantitative estimate of drug-likeness (QED) is 0.540. The van der Waals surface area contributed by atoms with Gasteiger partial charge in [0.2, 0.25) is 0 Å². The summed E-state index contributed by atoms with van der Waals surface area (Å²) in [5, 5.41) is 14.9. The van der Waals surface area contributed by atoms with Crippen LogP contribution in [0.3, 0.4) is 0 Å². The molecule has 0 saturated heterocycles. The second kappa shape index (κ2) is 6.35. The highest BCUT2D eigenvalue weighted by Gasteiger charge is 2.17. The van der Waals surface area contributed by atoms with Gasteiger partial charge in [-0.15, -0.1) is 11.3 Å². The Morgan fingerprint density at radius 2 is 1.68 bits per heavy atom. The molecule has 124 valence electrons. The highest BCUT2D eigenvalue weighted by Crippen LogP contribution is 2.31. The van der Waals surface area contributed by atoms with Crippen molar-refractivity contribution in [2.45, 2.75) is 6.10 Å². The van der Waals surface area contributed by atoms with Crippen LogP contribution in [0.5, 0.6) is 0 Å². The lowest BCUT2D eigenvalue weighted by Gasteiger charge is -2.08. The Morgan fingerprint density at radius 1 is 0.880 bits per heavy atom. The minimum absolute atomic E-state index is 0.276. The fourth-order valence-corrected chi connectivity index (χ4v) is 3.56. The minimum atomic E-state index is -1.09. The zero-order chi connectivity index (χ0) is 17.4. The van der Waals surface area contributed by atoms with Gasteiger partial charge in [0.25, 0.3) is 0 Å². The molecular formula is C20H13F2NOS. The van der Waals surface area contributed by atoms with E-state index in [4.69, 9.17) is 0 Å². The summed E-state index contributed by atoms with van der Waals surface area (Å²) in [6.07, 6.45) is -1.09. The van der Waals surface area contributed by atoms with Crippen molar-refractivity contribution in [3.8, 4) is 11.3 Å². The number of halogens is 2. The molecule has 25 heavy (non-hydrogen) atoms. The first-order valence-electron chi connectivity index (χ1n) is 7.69. The van der Waals surface area contributed by atoms with Crippen molar-refractivity contribution < 1.29 is 13.9 Å². The van der Waals surface area contributed by atoms with Crippen LogP contribution in [0, 0.1) is 11.6 Å². The van der Waals surface area contributed by atoms with Crippen LogP contribution in [0.1, 0.15) is 16.7 Å². The normalized spacial score (nSPS) is 12.4. The van der Waals surface area contributed by atoms with E-state index in [0.717, 1.165) is 34.2 Å². The third-order valence-corrected chi connectivity index (χ3v) is 4.96. The monoisotopic (exact) mass is 353 g/mol. The predicted octanol–water partition coefficient (Wildman–Crippen LogP) is 5.32. The van der Waals surface area contributed by atoms with Crippen LogP contribution in [-0.2, 0) is 0 Å². The van der Waals surface area contributed by atoms with E-state index < -0.39 is 17.7 Å². The number of thiazole rings is 1. The Bertz CT molecular complexity index is 1060. The van der Waals surface area contributed by atoms with E-state index >= 15 is 0 Å². The molecule has 1 unspecified atom stereocenters. The van der Waals surface area contributed by atoms with Crippen molar-refractivity contribution in [1.29, 1.82) is 0 Å². The van der Waals surface area contributed by atoms with Gasteiger partial charge in [0, 0.05) is 10.9 Å². The van der Waals surface area contributed by atoms with E-state index in [1.54, 1.807) is 0 Å². The largest absolute Gasteiger partial charge is 0.381 e. The van der Waals surface area contributed by atoms with Crippen LogP contribution < -0.4 is 0 Å². The molecule has 0 aliphatic carbocycles. The zero-order valence-electron chi connectivity index (χ0n) is 13.0. The van der Waals surface area contributed by atoms with Gasteiger partial charge in [0.1, 0.15) is 11.1 Å². The molecule has 0 aliphatic rings. The number of aliphatic hydroxyl groups is 1. The fourth-order valence-electron chi connectivity index (χ4n) is 2.72. The van der Waals surface area contributed by atoms with Crippen molar-refractivity contribution >= 4 is 22.1 Å². The number of nitrogens with zero attached hydrogens (tertiary/aromatic N) is 1. The Kier molecular flexibility index (Phi) is 4.03. The maximum absolute atomic E-state index is 13.4. The standard InChI is InChI=1S/C20H13F2NOS/c21-16-8-7-15(10-17(16)22)19(24)20-23-18(11-25-20)14-6-5-12-3-1-2-4-13(12)9-14/h1-11,19,24H. The summed E-state index contributed by atoms with van der Waals surface area (Å²) >= 11 is 1.29. The summed E-state index contributed by atoms with van der Waals surface area (Å²) in [6, 6.07) is 17.4. The summed E-state index contributed by atoms with van der Waals surface area (Å²) in [5.74, 6) is -1.92. The van der Waals surface area contributed by atoms with Gasteiger partial charge in [0.05, 0.1) is 5.69 Å². The summed E-state index contributed by atoms with van der Waals surface area (Å²) in [5.41, 5.74) is 1.96. The second-order valence-corrected chi connectivity index (χ2v) is 6.60. The Labute approximate surface area is 147 Å². The van der Waals surface area contributed by atoms with Crippen LogP contribution in [-0.4, -0.2) is 10.1 Å². The maximum Gasteiger partial charge on any atom is 0.159 e. The van der Waals surface area contributed by atoms with Gasteiger partial charge in [0.15, 0.2) is 11.6 Å². The van der Waals surface area contributed by atoms with Crippen molar-refractivity contribution in [1.82, 2.24) is 4.98 Å². The molecule has 2 nitrogen and oxygen atoms in total. The minimum Gasteiger partial charge on any atom is -0.381 e. The molecule has 1 heterocycles. The van der Waals surface area contributed by atoms with Gasteiger partial charge >= 0.3 is 0 Å². The first kappa shape index (κ1) is 15.9. The van der Waals surface area contributed by atoms with Gasteiger partial charge in [-0.2, -0.15) is 0 Å². The molecule has 4 rings (SSSR count). The molecule has 0 radical (unpaired) electrons. The molecular weight excluding hydrogens is 340 g/mol. The van der Waals surface area contributed by atoms with Crippen molar-refractivity contribution in [2.75, 3.05) is 0 Å². The first-order chi connectivity index (χ1) is 12.1. The lowest BCUT2D eigenvalue weighted by molar-refractivity contribution is 0.219. The van der Waals surface area contributed by atoms with E-state index in [9.17, 15) is 13.9 Å². The topological polar surface area (TPSA) is 33.1 Å². The summed E-state index contributed by atoms with van der Waals surface area (Å²) in [7, 11) is 0. The fraction of sp³-hybridized carbons (Fsp3) is 0.0500. The second-order valence-electron chi connectivity index (χ2n) is 5.71. The predicted molar refractivity (Wildman–Crippen MR) is 95.5 cm³/mol. The van der Waals surface area contributed by atoms with Gasteiger partial charge in [-0.25, -0.2) is 13.8 Å². The molecule has 0 bridgehead atoms. The lowest BCUT2D eigenvalue weighted by Crippen LogP contribution is -2.00. The summed E-state index contributed by atoms with van der Waals surface area (Å²) < 4.78 is 26.4. The summed E-state index contributed by atoms with van der Waals surface area (Å²) in [6.45, 7) is 0. The zero-order valence-corrected chi connectivity index (χ0v) is 13.8. The Hall–Kier alpha value is -2.63. The van der Waals surface area contributed by atoms with Gasteiger partial charge < -0.3 is 5.11 Å². The van der Waals surface area contributed by atoms with Crippen molar-refractivity contribution in [2.24, 2.45) is 0 Å². The molecule has 1 aromatic heterocycles. The molecule has 0 fully saturated rings. The van der Waals surface area contributed by atoms with Crippen LogP contribution in [0.15, 0.2) is 66.0 Å². The van der Waals surface area contributed by atoms with E-state index in [-0.39, 0.29) is 5.56 Å². The number of hydrogen-bond donors (Lipinski definition) is 1. The molecule has 4 aromatic rings. The van der Waals surface area contributed by atoms with Crippen LogP contribution in [0.4, 0.5) is 8.78 Å². The molecule has 0 amide bonds. The molecule has 3 aromatic carbocycles. The van der Waals surface area contributed by atoms with Crippen LogP contribution in [0.25, 0.3) is 22.0 Å². The number of aliphatic hydroxyl groups excluding tert-OH is 1. The number of rotatable bonds is 3. The smallest absolute Gasteiger partial charge is 0.159 e. The van der Waals surface area contributed by atoms with Crippen LogP contribution >= 0.6 is 11.3 Å². The van der Waals surface area contributed by atoms with E-state index in [0.29, 0.717) is 5.01 Å². The third-order valence-electron chi connectivity index (χ3n) is 4.06. The average Bonchev–Trinajstić information content (AvgIpc) is 3.13. The molecule has 0 saturated carbocycles. The van der Waals surface area contributed by atoms with E-state index in [2.05, 4.69) is 4.98 Å². The van der Waals surface area contributed by atoms with Crippen LogP contribution in [0.2, 0.25) is 0 Å². The number of aromatic nitrogens is 1. The Morgan fingerprint density at radius 3 is 2.48 bits per heavy atom. The Balaban J connectivity index is 1.67. The number of fused-ring (bicyclic) bond motifs is 1. The molecule has 1 atom stereocenters. The van der Waals surface area contributed by atoms with Crippen molar-refractivity contribution in [3.63, 3.8) is 0 Å². The molecule has 0 aliphatic heterocycles. The highest BCUT2D eigenvalue weighted by molar-refractivity contribution is 7.10. The molecule has 1 N–H and O–H groups in total. The highest BCUT2D eigenvalue weighted by atomic mass is 32.1. The maximum atomic E-state index is 13.4. The van der Waals surface area contributed by atoms with Gasteiger partial charge in [-0.05, 0) is 34.5 Å². The van der Waals surface area contributed by atoms with Crippen molar-refractivity contribution in [3.05, 3.63) is 88.2 Å². The number of hydrogen-bond acceptors (Lipinski definition) is 3. The average molecular weight is 353 g/mol. The SMILES string of the molecule is OC(c1ccc(F)c(F)c1)c1nc(-c2ccc3ccccc3c2)cs1. The first-order valence-corrected chi connectivity index (χ1v) is 8.57. The van der Waals surface area contributed by atoms with Gasteiger partial charge in [-0.3, -0.25) is 0 Å². The lowest BCUT2D eigenvalue weighted by atomic mass is 10.1. The van der Waals surface area contributed by atoms with E-state index in [1.807, 2.05) is 47.8 Å². The molecule has 0 spiro atoms. The number of benzene rings is 3. The van der Waals surface area contributed by atoms with Gasteiger partial charge in [-0.1, -0.05) is 42.5 Å². The molecule has 5 heteroatoms. The summed E-state index contributed by atoms with van der Waals surface area (Å²) in [4.78, 5) is 4.47. The third kappa shape index (κ3) is 3.04.